The quantitative estimate of drug-likeness (QED) is 0.667. The summed E-state index contributed by atoms with van der Waals surface area (Å²) in [6.45, 7) is 2.71. The maximum atomic E-state index is 12.1. The van der Waals surface area contributed by atoms with Crippen molar-refractivity contribution >= 4 is 48.0 Å². The normalized spacial score (nSPS) is 9.78. The minimum Gasteiger partial charge on any atom is -0.496 e. The van der Waals surface area contributed by atoms with Crippen LogP contribution in [0.3, 0.4) is 0 Å². The van der Waals surface area contributed by atoms with Crippen molar-refractivity contribution in [3.8, 4) is 5.75 Å². The number of carbonyl (C=O) groups is 1. The summed E-state index contributed by atoms with van der Waals surface area (Å²) in [7, 11) is 5.11. The van der Waals surface area contributed by atoms with E-state index in [1.54, 1.807) is 13.2 Å². The fourth-order valence-electron chi connectivity index (χ4n) is 1.73. The first kappa shape index (κ1) is 24.3. The summed E-state index contributed by atoms with van der Waals surface area (Å²) >= 11 is 5.95. The molecule has 0 atom stereocenters. The van der Waals surface area contributed by atoms with Gasteiger partial charge < -0.3 is 25.4 Å². The third kappa shape index (κ3) is 7.94. The van der Waals surface area contributed by atoms with Gasteiger partial charge >= 0.3 is 0 Å². The standard InChI is InChI=1S/C14H22ClN3O3.2ClH/c1-18(6-7-20-2)5-4-17-14(19)10-8-11(15)12(16)9-13(10)21-3;;/h8-9H,4-7,16H2,1-3H3,(H,17,19);2*1H. The van der Waals surface area contributed by atoms with Crippen molar-refractivity contribution in [3.05, 3.63) is 22.7 Å². The Labute approximate surface area is 154 Å². The lowest BCUT2D eigenvalue weighted by Gasteiger charge is -2.16. The van der Waals surface area contributed by atoms with E-state index in [0.29, 0.717) is 35.2 Å². The number of methoxy groups -OCH3 is 2. The summed E-state index contributed by atoms with van der Waals surface area (Å²) in [6, 6.07) is 3.06. The molecule has 6 nitrogen and oxygen atoms in total. The number of hydrogen-bond acceptors (Lipinski definition) is 5. The minimum absolute atomic E-state index is 0. The highest BCUT2D eigenvalue weighted by Gasteiger charge is 2.14. The Balaban J connectivity index is 0. The molecule has 0 saturated carbocycles. The van der Waals surface area contributed by atoms with E-state index in [-0.39, 0.29) is 30.7 Å². The number of hydrogen-bond donors (Lipinski definition) is 2. The molecule has 0 saturated heterocycles. The fraction of sp³-hybridized carbons (Fsp3) is 0.500. The lowest BCUT2D eigenvalue weighted by molar-refractivity contribution is 0.0944. The predicted octanol–water partition coefficient (Wildman–Crippen LogP) is 2.08. The molecule has 0 heterocycles. The van der Waals surface area contributed by atoms with Gasteiger partial charge in [0.25, 0.3) is 5.91 Å². The average molecular weight is 389 g/mol. The summed E-state index contributed by atoms with van der Waals surface area (Å²) in [5, 5.41) is 3.16. The number of anilines is 1. The van der Waals surface area contributed by atoms with Gasteiger partial charge in [0, 0.05) is 32.8 Å². The lowest BCUT2D eigenvalue weighted by Crippen LogP contribution is -2.34. The molecule has 0 fully saturated rings. The Morgan fingerprint density at radius 3 is 2.52 bits per heavy atom. The third-order valence-electron chi connectivity index (χ3n) is 3.02. The van der Waals surface area contributed by atoms with Gasteiger partial charge in [0.2, 0.25) is 0 Å². The molecule has 1 amide bonds. The van der Waals surface area contributed by atoms with E-state index in [9.17, 15) is 4.79 Å². The molecule has 0 aromatic heterocycles. The number of nitrogens with two attached hydrogens (primary N) is 1. The van der Waals surface area contributed by atoms with E-state index in [4.69, 9.17) is 26.8 Å². The van der Waals surface area contributed by atoms with Crippen molar-refractivity contribution in [1.29, 1.82) is 0 Å². The van der Waals surface area contributed by atoms with Gasteiger partial charge in [-0.3, -0.25) is 4.79 Å². The van der Waals surface area contributed by atoms with Crippen molar-refractivity contribution in [3.63, 3.8) is 0 Å². The molecule has 0 aliphatic heterocycles. The molecule has 1 aromatic rings. The molecule has 1 aromatic carbocycles. The van der Waals surface area contributed by atoms with E-state index >= 15 is 0 Å². The first-order chi connectivity index (χ1) is 9.99. The number of halogens is 3. The van der Waals surface area contributed by atoms with Crippen molar-refractivity contribution in [2.45, 2.75) is 0 Å². The summed E-state index contributed by atoms with van der Waals surface area (Å²) in [5.74, 6) is 0.163. The van der Waals surface area contributed by atoms with Gasteiger partial charge in [0.15, 0.2) is 0 Å². The Bertz CT molecular complexity index is 490. The van der Waals surface area contributed by atoms with Gasteiger partial charge in [0.05, 0.1) is 30.0 Å². The summed E-state index contributed by atoms with van der Waals surface area (Å²) in [6.07, 6.45) is 0. The van der Waals surface area contributed by atoms with Crippen molar-refractivity contribution < 1.29 is 14.3 Å². The van der Waals surface area contributed by atoms with Gasteiger partial charge in [-0.1, -0.05) is 11.6 Å². The zero-order chi connectivity index (χ0) is 15.8. The monoisotopic (exact) mass is 387 g/mol. The van der Waals surface area contributed by atoms with Crippen molar-refractivity contribution in [1.82, 2.24) is 10.2 Å². The van der Waals surface area contributed by atoms with Crippen LogP contribution >= 0.6 is 36.4 Å². The van der Waals surface area contributed by atoms with E-state index in [0.717, 1.165) is 13.1 Å². The zero-order valence-corrected chi connectivity index (χ0v) is 15.8. The number of benzene rings is 1. The van der Waals surface area contributed by atoms with Crippen LogP contribution in [0.5, 0.6) is 5.75 Å². The summed E-state index contributed by atoms with van der Waals surface area (Å²) in [5.41, 5.74) is 6.44. The van der Waals surface area contributed by atoms with E-state index in [2.05, 4.69) is 10.2 Å². The number of rotatable bonds is 8. The third-order valence-corrected chi connectivity index (χ3v) is 3.35. The highest BCUT2D eigenvalue weighted by Crippen LogP contribution is 2.28. The van der Waals surface area contributed by atoms with E-state index < -0.39 is 0 Å². The van der Waals surface area contributed by atoms with Gasteiger partial charge in [0.1, 0.15) is 5.75 Å². The predicted molar refractivity (Wildman–Crippen MR) is 98.6 cm³/mol. The van der Waals surface area contributed by atoms with Crippen LogP contribution in [0, 0.1) is 0 Å². The second kappa shape index (κ2) is 12.5. The maximum absolute atomic E-state index is 12.1. The highest BCUT2D eigenvalue weighted by atomic mass is 35.5. The van der Waals surface area contributed by atoms with Crippen LogP contribution in [0.15, 0.2) is 12.1 Å². The summed E-state index contributed by atoms with van der Waals surface area (Å²) in [4.78, 5) is 14.2. The van der Waals surface area contributed by atoms with Crippen LogP contribution in [0.2, 0.25) is 5.02 Å². The number of ether oxygens (including phenoxy) is 2. The van der Waals surface area contributed by atoms with Crippen molar-refractivity contribution in [2.75, 3.05) is 53.2 Å². The molecular weight excluding hydrogens is 365 g/mol. The average Bonchev–Trinajstić information content (AvgIpc) is 2.47. The van der Waals surface area contributed by atoms with Crippen molar-refractivity contribution in [2.24, 2.45) is 0 Å². The number of nitrogens with zero attached hydrogens (tertiary/aromatic N) is 1. The van der Waals surface area contributed by atoms with Crippen LogP contribution in [-0.4, -0.2) is 58.3 Å². The number of likely N-dealkylation sites (N-methyl/N-ethyl adjacent to an activating group) is 1. The number of amides is 1. The minimum atomic E-state index is -0.242. The molecule has 3 N–H and O–H groups in total. The van der Waals surface area contributed by atoms with Gasteiger partial charge in [-0.05, 0) is 13.1 Å². The Hall–Kier alpha value is -0.920. The Morgan fingerprint density at radius 2 is 1.96 bits per heavy atom. The molecule has 9 heteroatoms. The maximum Gasteiger partial charge on any atom is 0.255 e. The highest BCUT2D eigenvalue weighted by molar-refractivity contribution is 6.33. The SMILES string of the molecule is COCCN(C)CCNC(=O)c1cc(Cl)c(N)cc1OC.Cl.Cl. The molecule has 134 valence electrons. The van der Waals surface area contributed by atoms with Crippen LogP contribution in [0.4, 0.5) is 5.69 Å². The summed E-state index contributed by atoms with van der Waals surface area (Å²) < 4.78 is 10.1. The molecule has 0 unspecified atom stereocenters. The number of carbonyl (C=O) groups excluding carboxylic acids is 1. The molecule has 1 rings (SSSR count). The second-order valence-electron chi connectivity index (χ2n) is 4.63. The van der Waals surface area contributed by atoms with E-state index in [1.807, 2.05) is 7.05 Å². The fourth-order valence-corrected chi connectivity index (χ4v) is 1.89. The van der Waals surface area contributed by atoms with Crippen LogP contribution in [0.1, 0.15) is 10.4 Å². The van der Waals surface area contributed by atoms with Gasteiger partial charge in [-0.15, -0.1) is 24.8 Å². The Morgan fingerprint density at radius 1 is 1.30 bits per heavy atom. The molecule has 0 radical (unpaired) electrons. The topological polar surface area (TPSA) is 76.8 Å². The first-order valence-electron chi connectivity index (χ1n) is 6.58. The van der Waals surface area contributed by atoms with Gasteiger partial charge in [-0.25, -0.2) is 0 Å². The lowest BCUT2D eigenvalue weighted by atomic mass is 10.1. The smallest absolute Gasteiger partial charge is 0.255 e. The number of nitrogens with one attached hydrogen (secondary N) is 1. The molecule has 0 aliphatic carbocycles. The van der Waals surface area contributed by atoms with Gasteiger partial charge in [-0.2, -0.15) is 0 Å². The number of nitrogen functional groups attached to an aromatic ring is 1. The molecule has 0 bridgehead atoms. The van der Waals surface area contributed by atoms with Crippen LogP contribution in [0.25, 0.3) is 0 Å². The Kier molecular flexibility index (Phi) is 13.2. The van der Waals surface area contributed by atoms with E-state index in [1.165, 1.54) is 13.2 Å². The van der Waals surface area contributed by atoms with Crippen LogP contribution in [-0.2, 0) is 4.74 Å². The van der Waals surface area contributed by atoms with Crippen LogP contribution < -0.4 is 15.8 Å². The molecular formula is C14H24Cl3N3O3. The molecule has 23 heavy (non-hydrogen) atoms. The molecule has 0 spiro atoms. The molecule has 0 aliphatic rings. The largest absolute Gasteiger partial charge is 0.496 e. The first-order valence-corrected chi connectivity index (χ1v) is 6.96. The second-order valence-corrected chi connectivity index (χ2v) is 5.03. The zero-order valence-electron chi connectivity index (χ0n) is 13.4.